The van der Waals surface area contributed by atoms with Gasteiger partial charge in [0.25, 0.3) is 17.5 Å². The van der Waals surface area contributed by atoms with Crippen molar-refractivity contribution in [2.45, 2.75) is 17.7 Å². The minimum atomic E-state index is -4.08. The van der Waals surface area contributed by atoms with Crippen molar-refractivity contribution in [3.8, 4) is 0 Å². The topological polar surface area (TPSA) is 156 Å². The van der Waals surface area contributed by atoms with Crippen LogP contribution >= 0.6 is 0 Å². The van der Waals surface area contributed by atoms with Crippen LogP contribution < -0.4 is 0 Å². The van der Waals surface area contributed by atoms with Gasteiger partial charge in [-0.15, -0.1) is 0 Å². The number of benzene rings is 4. The number of nitro benzene ring substituents is 1. The summed E-state index contributed by atoms with van der Waals surface area (Å²) < 4.78 is 28.1. The molecule has 2 N–H and O–H groups in total. The van der Waals surface area contributed by atoms with Crippen molar-refractivity contribution >= 4 is 49.3 Å². The number of H-pyrrole nitrogens is 2. The molecule has 1 saturated heterocycles. The molecule has 0 saturated carbocycles. The maximum atomic E-state index is 14.5. The van der Waals surface area contributed by atoms with Gasteiger partial charge in [0.15, 0.2) is 4.90 Å². The summed E-state index contributed by atoms with van der Waals surface area (Å²) in [5, 5.41) is 13.8. The molecule has 7 rings (SSSR count). The number of likely N-dealkylation sites (N-methyl/N-ethyl adjacent to an activating group) is 1. The summed E-state index contributed by atoms with van der Waals surface area (Å²) in [4.78, 5) is 51.1. The molecule has 1 aliphatic heterocycles. The van der Waals surface area contributed by atoms with E-state index >= 15 is 0 Å². The Labute approximate surface area is 319 Å². The fourth-order valence-electron chi connectivity index (χ4n) is 7.29. The Balaban J connectivity index is 1.06. The number of piperazine rings is 1. The highest BCUT2D eigenvalue weighted by Gasteiger charge is 2.34. The monoisotopic (exact) mass is 761 g/mol. The smallest absolute Gasteiger partial charge is 0.289 e. The molecule has 4 aromatic carbocycles. The van der Waals surface area contributed by atoms with Crippen molar-refractivity contribution in [2.24, 2.45) is 0 Å². The van der Waals surface area contributed by atoms with Gasteiger partial charge < -0.3 is 19.8 Å². The molecule has 0 bridgehead atoms. The minimum absolute atomic E-state index is 0.153. The molecule has 284 valence electrons. The third-order valence-corrected chi connectivity index (χ3v) is 12.4. The lowest BCUT2D eigenvalue weighted by Crippen LogP contribution is -2.50. The van der Waals surface area contributed by atoms with Gasteiger partial charge in [-0.3, -0.25) is 24.6 Å². The first-order valence-corrected chi connectivity index (χ1v) is 19.8. The summed E-state index contributed by atoms with van der Waals surface area (Å²) in [5.41, 5.74) is 4.45. The van der Waals surface area contributed by atoms with E-state index in [-0.39, 0.29) is 29.8 Å². The Morgan fingerprint density at radius 3 is 1.85 bits per heavy atom. The molecule has 6 aromatic rings. The van der Waals surface area contributed by atoms with Gasteiger partial charge in [0.05, 0.1) is 16.1 Å². The van der Waals surface area contributed by atoms with Gasteiger partial charge in [0, 0.05) is 99.7 Å². The number of carbonyl (C=O) groups is 2. The van der Waals surface area contributed by atoms with E-state index in [1.807, 2.05) is 54.9 Å². The highest BCUT2D eigenvalue weighted by Crippen LogP contribution is 2.27. The number of nitro groups is 1. The molecule has 0 aliphatic carbocycles. The number of sulfonamides is 1. The average molecular weight is 762 g/mol. The second-order valence-corrected chi connectivity index (χ2v) is 15.7. The van der Waals surface area contributed by atoms with Crippen LogP contribution in [0.15, 0.2) is 114 Å². The quantitative estimate of drug-likeness (QED) is 0.109. The molecule has 0 spiro atoms. The predicted molar refractivity (Wildman–Crippen MR) is 212 cm³/mol. The number of carbonyl (C=O) groups excluding carboxylic acids is 2. The van der Waals surface area contributed by atoms with Gasteiger partial charge in [0.2, 0.25) is 10.0 Å². The number of amides is 2. The zero-order chi connectivity index (χ0) is 38.5. The largest absolute Gasteiger partial charge is 0.361 e. The highest BCUT2D eigenvalue weighted by atomic mass is 32.2. The summed E-state index contributed by atoms with van der Waals surface area (Å²) in [5.74, 6) is -0.497. The van der Waals surface area contributed by atoms with Gasteiger partial charge in [-0.25, -0.2) is 8.42 Å². The van der Waals surface area contributed by atoms with E-state index in [4.69, 9.17) is 0 Å². The van der Waals surface area contributed by atoms with Crippen molar-refractivity contribution in [1.29, 1.82) is 0 Å². The van der Waals surface area contributed by atoms with Crippen LogP contribution in [0.5, 0.6) is 0 Å². The maximum absolute atomic E-state index is 14.5. The van der Waals surface area contributed by atoms with Gasteiger partial charge >= 0.3 is 0 Å². The molecule has 0 atom stereocenters. The second kappa shape index (κ2) is 16.3. The molecular weight excluding hydrogens is 719 g/mol. The molecule has 2 aromatic heterocycles. The summed E-state index contributed by atoms with van der Waals surface area (Å²) in [7, 11) is -2.33. The number of nitrogens with one attached hydrogen (secondary N) is 2. The van der Waals surface area contributed by atoms with Crippen LogP contribution in [0.2, 0.25) is 0 Å². The van der Waals surface area contributed by atoms with Crippen LogP contribution in [0.1, 0.15) is 31.8 Å². The van der Waals surface area contributed by atoms with E-state index in [2.05, 4.69) is 20.9 Å². The van der Waals surface area contributed by atoms with Gasteiger partial charge in [-0.2, -0.15) is 4.31 Å². The van der Waals surface area contributed by atoms with Crippen LogP contribution in [0, 0.1) is 10.1 Å². The third kappa shape index (κ3) is 8.02. The predicted octanol–water partition coefficient (Wildman–Crippen LogP) is 5.56. The maximum Gasteiger partial charge on any atom is 0.289 e. The first kappa shape index (κ1) is 37.5. The van der Waals surface area contributed by atoms with Crippen LogP contribution in [-0.4, -0.2) is 114 Å². The zero-order valence-electron chi connectivity index (χ0n) is 30.6. The summed E-state index contributed by atoms with van der Waals surface area (Å²) in [6.07, 6.45) is 5.17. The number of hydrogen-bond donors (Lipinski definition) is 2. The number of nitrogens with zero attached hydrogens (tertiary/aromatic N) is 5. The summed E-state index contributed by atoms with van der Waals surface area (Å²) in [6, 6.07) is 28.4. The number of rotatable bonds is 14. The van der Waals surface area contributed by atoms with Gasteiger partial charge in [0.1, 0.15) is 0 Å². The molecule has 1 aliphatic rings. The SMILES string of the molecule is CN(CCc1c[nH]c2ccccc12)C(=O)c1ccccc1C(=O)N(CCc1c[nH]c2ccccc12)CCN1CCN(S(=O)(=O)c2ccccc2[N+](=O)[O-])CC1. The molecule has 1 fully saturated rings. The van der Waals surface area contributed by atoms with Crippen molar-refractivity contribution in [3.63, 3.8) is 0 Å². The minimum Gasteiger partial charge on any atom is -0.361 e. The van der Waals surface area contributed by atoms with E-state index in [0.717, 1.165) is 32.9 Å². The Hall–Kier alpha value is -5.83. The summed E-state index contributed by atoms with van der Waals surface area (Å²) in [6.45, 7) is 2.76. The van der Waals surface area contributed by atoms with E-state index in [0.29, 0.717) is 63.2 Å². The molecule has 3 heterocycles. The first-order chi connectivity index (χ1) is 26.6. The van der Waals surface area contributed by atoms with E-state index in [1.165, 1.54) is 28.6 Å². The van der Waals surface area contributed by atoms with Crippen LogP contribution in [-0.2, 0) is 22.9 Å². The molecular formula is C41H43N7O6S. The average Bonchev–Trinajstić information content (AvgIpc) is 3.83. The fourth-order valence-corrected chi connectivity index (χ4v) is 8.87. The zero-order valence-corrected chi connectivity index (χ0v) is 31.4. The van der Waals surface area contributed by atoms with Crippen LogP contribution in [0.4, 0.5) is 5.69 Å². The van der Waals surface area contributed by atoms with Gasteiger partial charge in [-0.05, 0) is 54.3 Å². The summed E-state index contributed by atoms with van der Waals surface area (Å²) >= 11 is 0. The standard InChI is InChI=1S/C41H43N7O6S/c1-44(20-18-30-28-42-36-14-6-4-10-32(30)36)40(49)34-12-2-3-13-35(34)41(50)46(21-19-31-29-43-37-15-7-5-11-33(31)37)25-22-45-23-26-47(27-24-45)55(53,54)39-17-9-8-16-38(39)48(51)52/h2-17,28-29,42-43H,18-27H2,1H3. The van der Waals surface area contributed by atoms with Gasteiger partial charge in [-0.1, -0.05) is 60.7 Å². The van der Waals surface area contributed by atoms with Crippen LogP contribution in [0.25, 0.3) is 21.8 Å². The Morgan fingerprint density at radius 2 is 1.24 bits per heavy atom. The molecule has 14 heteroatoms. The Morgan fingerprint density at radius 1 is 0.709 bits per heavy atom. The van der Waals surface area contributed by atoms with Crippen molar-refractivity contribution in [2.75, 3.05) is 59.4 Å². The molecule has 13 nitrogen and oxygen atoms in total. The van der Waals surface area contributed by atoms with Crippen molar-refractivity contribution in [3.05, 3.63) is 142 Å². The number of para-hydroxylation sites is 3. The fraction of sp³-hybridized carbons (Fsp3) is 0.268. The van der Waals surface area contributed by atoms with Crippen LogP contribution in [0.3, 0.4) is 0 Å². The number of hydrogen-bond acceptors (Lipinski definition) is 7. The normalized spacial score (nSPS) is 14.0. The number of aromatic amines is 2. The molecule has 55 heavy (non-hydrogen) atoms. The lowest BCUT2D eigenvalue weighted by atomic mass is 10.0. The van der Waals surface area contributed by atoms with E-state index in [9.17, 15) is 28.1 Å². The van der Waals surface area contributed by atoms with Crippen molar-refractivity contribution < 1.29 is 22.9 Å². The highest BCUT2D eigenvalue weighted by molar-refractivity contribution is 7.89. The first-order valence-electron chi connectivity index (χ1n) is 18.3. The Kier molecular flexibility index (Phi) is 11.1. The lowest BCUT2D eigenvalue weighted by Gasteiger charge is -2.35. The Bertz CT molecular complexity index is 2450. The molecule has 0 unspecified atom stereocenters. The molecule has 2 amide bonds. The molecule has 0 radical (unpaired) electrons. The second-order valence-electron chi connectivity index (χ2n) is 13.8. The number of aromatic nitrogens is 2. The lowest BCUT2D eigenvalue weighted by molar-refractivity contribution is -0.387. The van der Waals surface area contributed by atoms with E-state index < -0.39 is 20.6 Å². The third-order valence-electron chi connectivity index (χ3n) is 10.4. The van der Waals surface area contributed by atoms with Crippen molar-refractivity contribution in [1.82, 2.24) is 29.0 Å². The van der Waals surface area contributed by atoms with E-state index in [1.54, 1.807) is 41.1 Å². The number of fused-ring (bicyclic) bond motifs is 2.